The van der Waals surface area contributed by atoms with Crippen LogP contribution in [0.3, 0.4) is 0 Å². The highest BCUT2D eigenvalue weighted by Crippen LogP contribution is 2.82. The molecule has 0 N–H and O–H groups in total. The van der Waals surface area contributed by atoms with Gasteiger partial charge in [-0.1, -0.05) is 46.4 Å². The summed E-state index contributed by atoms with van der Waals surface area (Å²) < 4.78 is -1.49. The van der Waals surface area contributed by atoms with Crippen molar-refractivity contribution < 1.29 is 4.79 Å². The Morgan fingerprint density at radius 1 is 0.947 bits per heavy atom. The molecular formula is C12H8Cl6O. The van der Waals surface area contributed by atoms with Crippen LogP contribution in [0.4, 0.5) is 0 Å². The molecule has 4 aliphatic rings. The number of rotatable bonds is 0. The van der Waals surface area contributed by atoms with Gasteiger partial charge in [0.2, 0.25) is 0 Å². The number of hydrogen-bond donors (Lipinski definition) is 0. The molecule has 0 saturated heterocycles. The molecule has 104 valence electrons. The number of allylic oxidation sites excluding steroid dienone is 2. The van der Waals surface area contributed by atoms with E-state index >= 15 is 0 Å². The molecule has 1 nitrogen and oxygen atoms in total. The molecule has 0 aromatic carbocycles. The summed E-state index contributed by atoms with van der Waals surface area (Å²) in [6.07, 6.45) is 1.30. The van der Waals surface area contributed by atoms with Crippen LogP contribution in [0.1, 0.15) is 12.8 Å². The minimum absolute atomic E-state index is 0.0839. The largest absolute Gasteiger partial charge is 0.299 e. The van der Waals surface area contributed by atoms with Gasteiger partial charge in [-0.2, -0.15) is 0 Å². The van der Waals surface area contributed by atoms with Gasteiger partial charge in [-0.05, 0) is 18.3 Å². The monoisotopic (exact) mass is 378 g/mol. The van der Waals surface area contributed by atoms with Crippen molar-refractivity contribution in [2.75, 3.05) is 0 Å². The number of ketones is 1. The lowest BCUT2D eigenvalue weighted by molar-refractivity contribution is -0.124. The number of Topliss-reactive ketones (excluding diaryl/α,β-unsaturated/α-hetero) is 1. The van der Waals surface area contributed by atoms with Crippen LogP contribution in [0.25, 0.3) is 0 Å². The predicted octanol–water partition coefficient (Wildman–Crippen LogP) is 4.67. The third kappa shape index (κ3) is 1.11. The minimum Gasteiger partial charge on any atom is -0.299 e. The van der Waals surface area contributed by atoms with Crippen LogP contribution in [0.5, 0.6) is 0 Å². The average molecular weight is 381 g/mol. The van der Waals surface area contributed by atoms with E-state index in [4.69, 9.17) is 69.6 Å². The zero-order valence-electron chi connectivity index (χ0n) is 9.40. The van der Waals surface area contributed by atoms with Gasteiger partial charge >= 0.3 is 0 Å². The van der Waals surface area contributed by atoms with Crippen LogP contribution in [0, 0.1) is 23.7 Å². The molecule has 6 atom stereocenters. The standard InChI is InChI=1S/C12H8Cl6O/c13-8-9(14)11(16)7-4-1-3(2-5(4)19)6(7)10(8,15)12(11,17)18/h3-4,6-7H,1-2H2/t3-,4-,6-,7-,10+,11+/m1/s1. The predicted molar refractivity (Wildman–Crippen MR) is 78.5 cm³/mol. The van der Waals surface area contributed by atoms with E-state index < -0.39 is 14.1 Å². The normalized spacial score (nSPS) is 57.3. The number of hydrogen-bond acceptors (Lipinski definition) is 1. The molecule has 0 heterocycles. The molecule has 4 rings (SSSR count). The van der Waals surface area contributed by atoms with Crippen LogP contribution in [0.2, 0.25) is 0 Å². The van der Waals surface area contributed by atoms with Crippen LogP contribution in [-0.4, -0.2) is 19.9 Å². The molecule has 4 aliphatic carbocycles. The Balaban J connectivity index is 2.01. The third-order valence-corrected chi connectivity index (χ3v) is 9.72. The zero-order chi connectivity index (χ0) is 14.0. The number of fused-ring (bicyclic) bond motifs is 9. The van der Waals surface area contributed by atoms with E-state index in [-0.39, 0.29) is 39.5 Å². The van der Waals surface area contributed by atoms with E-state index in [1.165, 1.54) is 0 Å². The molecule has 0 spiro atoms. The Labute approximate surface area is 140 Å². The highest BCUT2D eigenvalue weighted by atomic mass is 35.5. The van der Waals surface area contributed by atoms with Gasteiger partial charge in [-0.25, -0.2) is 0 Å². The molecule has 0 amide bonds. The Morgan fingerprint density at radius 3 is 2.05 bits per heavy atom. The third-order valence-electron chi connectivity index (χ3n) is 5.43. The Morgan fingerprint density at radius 2 is 1.47 bits per heavy atom. The van der Waals surface area contributed by atoms with Gasteiger partial charge < -0.3 is 0 Å². The molecule has 7 heteroatoms. The average Bonchev–Trinajstić information content (AvgIpc) is 2.95. The fourth-order valence-electron chi connectivity index (χ4n) is 4.78. The lowest BCUT2D eigenvalue weighted by Crippen LogP contribution is -2.46. The van der Waals surface area contributed by atoms with E-state index in [0.29, 0.717) is 6.42 Å². The summed E-state index contributed by atoms with van der Waals surface area (Å²) in [5.74, 6) is -0.0920. The summed E-state index contributed by atoms with van der Waals surface area (Å²) in [6, 6.07) is 0. The molecule has 0 unspecified atom stereocenters. The van der Waals surface area contributed by atoms with Crippen molar-refractivity contribution in [2.45, 2.75) is 26.9 Å². The van der Waals surface area contributed by atoms with Crippen molar-refractivity contribution in [3.05, 3.63) is 10.1 Å². The summed E-state index contributed by atoms with van der Waals surface area (Å²) in [5, 5.41) is 0.453. The fraction of sp³-hybridized carbons (Fsp3) is 0.750. The number of halogens is 6. The fourth-order valence-corrected chi connectivity index (χ4v) is 7.93. The molecule has 3 fully saturated rings. The highest BCUT2D eigenvalue weighted by molar-refractivity contribution is 6.65. The van der Waals surface area contributed by atoms with Gasteiger partial charge in [0.1, 0.15) is 15.5 Å². The Hall–Kier alpha value is 1.15. The molecular weight excluding hydrogens is 373 g/mol. The van der Waals surface area contributed by atoms with Crippen molar-refractivity contribution in [2.24, 2.45) is 23.7 Å². The van der Waals surface area contributed by atoms with Crippen molar-refractivity contribution >= 4 is 75.4 Å². The van der Waals surface area contributed by atoms with Crippen LogP contribution < -0.4 is 0 Å². The summed E-state index contributed by atoms with van der Waals surface area (Å²) >= 11 is 39.0. The first kappa shape index (κ1) is 13.8. The van der Waals surface area contributed by atoms with Gasteiger partial charge in [-0.3, -0.25) is 4.79 Å². The quantitative estimate of drug-likeness (QED) is 0.440. The van der Waals surface area contributed by atoms with Gasteiger partial charge in [0.05, 0.1) is 10.1 Å². The second kappa shape index (κ2) is 3.55. The molecule has 0 aliphatic heterocycles. The van der Waals surface area contributed by atoms with Gasteiger partial charge in [-0.15, -0.1) is 23.2 Å². The number of alkyl halides is 4. The van der Waals surface area contributed by atoms with Gasteiger partial charge in [0.25, 0.3) is 0 Å². The van der Waals surface area contributed by atoms with Crippen LogP contribution in [0.15, 0.2) is 10.1 Å². The summed E-state index contributed by atoms with van der Waals surface area (Å²) in [6.45, 7) is 0. The maximum atomic E-state index is 12.0. The van der Waals surface area contributed by atoms with E-state index in [0.717, 1.165) is 6.42 Å². The Kier molecular flexibility index (Phi) is 2.58. The second-order valence-electron chi connectivity index (χ2n) is 5.95. The van der Waals surface area contributed by atoms with Crippen LogP contribution in [-0.2, 0) is 4.79 Å². The first-order valence-corrected chi connectivity index (χ1v) is 8.30. The summed E-state index contributed by atoms with van der Waals surface area (Å²) in [5.41, 5.74) is 0. The van der Waals surface area contributed by atoms with Gasteiger partial charge in [0.15, 0.2) is 4.33 Å². The molecule has 4 bridgehead atoms. The van der Waals surface area contributed by atoms with Crippen molar-refractivity contribution in [1.29, 1.82) is 0 Å². The molecule has 0 aromatic heterocycles. The lowest BCUT2D eigenvalue weighted by Gasteiger charge is -2.38. The van der Waals surface area contributed by atoms with Crippen molar-refractivity contribution in [1.82, 2.24) is 0 Å². The van der Waals surface area contributed by atoms with Crippen molar-refractivity contribution in [3.63, 3.8) is 0 Å². The second-order valence-corrected chi connectivity index (χ2v) is 9.23. The SMILES string of the molecule is O=C1C[C@H]2C[C@H]1[C@@H]1[C@@H]2[C@]2(Cl)C(Cl)=C(Cl)[C@]1(Cl)C2(Cl)Cl. The Bertz CT molecular complexity index is 556. The van der Waals surface area contributed by atoms with E-state index in [2.05, 4.69) is 0 Å². The smallest absolute Gasteiger partial charge is 0.166 e. The maximum Gasteiger partial charge on any atom is 0.166 e. The van der Waals surface area contributed by atoms with Crippen molar-refractivity contribution in [3.8, 4) is 0 Å². The van der Waals surface area contributed by atoms with Crippen LogP contribution >= 0.6 is 69.6 Å². The maximum absolute atomic E-state index is 12.0. The molecule has 19 heavy (non-hydrogen) atoms. The van der Waals surface area contributed by atoms with E-state index in [1.54, 1.807) is 0 Å². The number of carbonyl (C=O) groups is 1. The first-order valence-electron chi connectivity index (χ1n) is 6.03. The lowest BCUT2D eigenvalue weighted by atomic mass is 9.72. The first-order chi connectivity index (χ1) is 8.69. The zero-order valence-corrected chi connectivity index (χ0v) is 13.9. The highest BCUT2D eigenvalue weighted by Gasteiger charge is 2.86. The molecule has 3 saturated carbocycles. The van der Waals surface area contributed by atoms with Gasteiger partial charge in [0, 0.05) is 18.3 Å². The molecule has 0 radical (unpaired) electrons. The number of carbonyl (C=O) groups excluding carboxylic acids is 1. The minimum atomic E-state index is -1.49. The topological polar surface area (TPSA) is 17.1 Å². The molecule has 0 aromatic rings. The summed E-state index contributed by atoms with van der Waals surface area (Å²) in [7, 11) is 0. The summed E-state index contributed by atoms with van der Waals surface area (Å²) in [4.78, 5) is 9.59. The van der Waals surface area contributed by atoms with E-state index in [9.17, 15) is 4.79 Å². The van der Waals surface area contributed by atoms with E-state index in [1.807, 2.05) is 0 Å².